The molecular weight excluding hydrogens is 245 g/mol. The molecule has 0 spiro atoms. The number of piperazine rings is 1. The normalized spacial score (nSPS) is 16.3. The van der Waals surface area contributed by atoms with Crippen molar-refractivity contribution in [3.05, 3.63) is 35.6 Å². The third kappa shape index (κ3) is 4.61. The van der Waals surface area contributed by atoms with Gasteiger partial charge in [-0.05, 0) is 6.07 Å². The zero-order valence-corrected chi connectivity index (χ0v) is 11.0. The fourth-order valence-electron chi connectivity index (χ4n) is 2.12. The Balaban J connectivity index is 1.68. The molecule has 0 atom stereocenters. The molecule has 0 unspecified atom stereocenters. The van der Waals surface area contributed by atoms with E-state index in [0.29, 0.717) is 12.0 Å². The first-order valence-corrected chi connectivity index (χ1v) is 6.69. The van der Waals surface area contributed by atoms with Crippen LogP contribution >= 0.6 is 0 Å². The summed E-state index contributed by atoms with van der Waals surface area (Å²) in [5.41, 5.74) is 0.526. The van der Waals surface area contributed by atoms with Crippen LogP contribution in [0.15, 0.2) is 24.3 Å². The molecule has 19 heavy (non-hydrogen) atoms. The highest BCUT2D eigenvalue weighted by atomic mass is 19.1. The number of halogens is 1. The molecule has 1 aliphatic heterocycles. The summed E-state index contributed by atoms with van der Waals surface area (Å²) in [5.74, 6) is -0.299. The molecule has 2 N–H and O–H groups in total. The van der Waals surface area contributed by atoms with Crippen LogP contribution in [-0.2, 0) is 11.3 Å². The van der Waals surface area contributed by atoms with Crippen LogP contribution in [0.3, 0.4) is 0 Å². The van der Waals surface area contributed by atoms with Crippen LogP contribution in [-0.4, -0.2) is 43.5 Å². The Kier molecular flexibility index (Phi) is 5.30. The van der Waals surface area contributed by atoms with E-state index in [4.69, 9.17) is 0 Å². The lowest BCUT2D eigenvalue weighted by molar-refractivity contribution is -0.121. The van der Waals surface area contributed by atoms with Gasteiger partial charge in [-0.15, -0.1) is 0 Å². The molecule has 0 aromatic heterocycles. The highest BCUT2D eigenvalue weighted by Crippen LogP contribution is 2.05. The van der Waals surface area contributed by atoms with Crippen molar-refractivity contribution in [2.75, 3.05) is 32.7 Å². The van der Waals surface area contributed by atoms with E-state index >= 15 is 0 Å². The number of rotatable bonds is 5. The third-order valence-electron chi connectivity index (χ3n) is 3.30. The van der Waals surface area contributed by atoms with Crippen molar-refractivity contribution in [1.29, 1.82) is 0 Å². The largest absolute Gasteiger partial charge is 0.352 e. The maximum Gasteiger partial charge on any atom is 0.221 e. The van der Waals surface area contributed by atoms with Crippen molar-refractivity contribution in [2.24, 2.45) is 0 Å². The number of nitrogens with zero attached hydrogens (tertiary/aromatic N) is 1. The van der Waals surface area contributed by atoms with Crippen molar-refractivity contribution < 1.29 is 9.18 Å². The lowest BCUT2D eigenvalue weighted by Gasteiger charge is -2.26. The standard InChI is InChI=1S/C14H20FN3O/c15-13-4-2-1-3-12(13)11-17-14(19)5-8-18-9-6-16-7-10-18/h1-4,16H,5-11H2,(H,17,19). The van der Waals surface area contributed by atoms with Gasteiger partial charge in [0.15, 0.2) is 0 Å². The molecule has 1 heterocycles. The van der Waals surface area contributed by atoms with E-state index in [2.05, 4.69) is 15.5 Å². The molecular formula is C14H20FN3O. The summed E-state index contributed by atoms with van der Waals surface area (Å²) >= 11 is 0. The number of benzene rings is 1. The SMILES string of the molecule is O=C(CCN1CCNCC1)NCc1ccccc1F. The molecule has 1 saturated heterocycles. The smallest absolute Gasteiger partial charge is 0.221 e. The number of carbonyl (C=O) groups is 1. The first-order chi connectivity index (χ1) is 9.25. The average molecular weight is 265 g/mol. The lowest BCUT2D eigenvalue weighted by Crippen LogP contribution is -2.44. The molecule has 104 valence electrons. The first kappa shape index (κ1) is 14.0. The fraction of sp³-hybridized carbons (Fsp3) is 0.500. The minimum atomic E-state index is -0.273. The number of hydrogen-bond acceptors (Lipinski definition) is 3. The summed E-state index contributed by atoms with van der Waals surface area (Å²) in [6.07, 6.45) is 0.467. The molecule has 0 aliphatic carbocycles. The Morgan fingerprint density at radius 1 is 1.32 bits per heavy atom. The van der Waals surface area contributed by atoms with Gasteiger partial charge in [0.2, 0.25) is 5.91 Å². The highest BCUT2D eigenvalue weighted by molar-refractivity contribution is 5.76. The minimum Gasteiger partial charge on any atom is -0.352 e. The molecule has 2 rings (SSSR count). The van der Waals surface area contributed by atoms with Crippen LogP contribution in [0.2, 0.25) is 0 Å². The van der Waals surface area contributed by atoms with Crippen LogP contribution in [0.25, 0.3) is 0 Å². The summed E-state index contributed by atoms with van der Waals surface area (Å²) in [6, 6.07) is 6.50. The van der Waals surface area contributed by atoms with Crippen molar-refractivity contribution >= 4 is 5.91 Å². The Bertz CT molecular complexity index is 419. The molecule has 0 bridgehead atoms. The van der Waals surface area contributed by atoms with Crippen LogP contribution in [0.1, 0.15) is 12.0 Å². The van der Waals surface area contributed by atoms with Gasteiger partial charge in [-0.3, -0.25) is 4.79 Å². The van der Waals surface area contributed by atoms with Crippen LogP contribution < -0.4 is 10.6 Å². The van der Waals surface area contributed by atoms with Crippen LogP contribution in [0, 0.1) is 5.82 Å². The molecule has 0 saturated carbocycles. The van der Waals surface area contributed by atoms with Gasteiger partial charge in [0.25, 0.3) is 0 Å². The van der Waals surface area contributed by atoms with E-state index < -0.39 is 0 Å². The summed E-state index contributed by atoms with van der Waals surface area (Å²) in [7, 11) is 0. The quantitative estimate of drug-likeness (QED) is 0.825. The van der Waals surface area contributed by atoms with Crippen LogP contribution in [0.5, 0.6) is 0 Å². The van der Waals surface area contributed by atoms with Gasteiger partial charge in [0.1, 0.15) is 5.82 Å². The van der Waals surface area contributed by atoms with Gasteiger partial charge in [0, 0.05) is 51.3 Å². The van der Waals surface area contributed by atoms with Crippen LogP contribution in [0.4, 0.5) is 4.39 Å². The molecule has 1 amide bonds. The van der Waals surface area contributed by atoms with E-state index in [9.17, 15) is 9.18 Å². The fourth-order valence-corrected chi connectivity index (χ4v) is 2.12. The average Bonchev–Trinajstić information content (AvgIpc) is 2.45. The number of nitrogens with one attached hydrogen (secondary N) is 2. The zero-order chi connectivity index (χ0) is 13.5. The number of amides is 1. The van der Waals surface area contributed by atoms with E-state index in [1.54, 1.807) is 18.2 Å². The Morgan fingerprint density at radius 3 is 2.79 bits per heavy atom. The molecule has 5 heteroatoms. The highest BCUT2D eigenvalue weighted by Gasteiger charge is 2.11. The zero-order valence-electron chi connectivity index (χ0n) is 11.0. The molecule has 1 fully saturated rings. The topological polar surface area (TPSA) is 44.4 Å². The van der Waals surface area contributed by atoms with E-state index in [1.165, 1.54) is 6.07 Å². The Morgan fingerprint density at radius 2 is 2.05 bits per heavy atom. The number of carbonyl (C=O) groups excluding carboxylic acids is 1. The molecule has 4 nitrogen and oxygen atoms in total. The van der Waals surface area contributed by atoms with Crippen molar-refractivity contribution in [2.45, 2.75) is 13.0 Å². The molecule has 1 aromatic carbocycles. The van der Waals surface area contributed by atoms with Crippen molar-refractivity contribution in [3.63, 3.8) is 0 Å². The second-order valence-electron chi connectivity index (χ2n) is 4.71. The van der Waals surface area contributed by atoms with E-state index in [1.807, 2.05) is 0 Å². The predicted molar refractivity (Wildman–Crippen MR) is 72.2 cm³/mol. The van der Waals surface area contributed by atoms with E-state index in [-0.39, 0.29) is 18.3 Å². The molecule has 0 radical (unpaired) electrons. The Hall–Kier alpha value is -1.46. The molecule has 1 aromatic rings. The van der Waals surface area contributed by atoms with Gasteiger partial charge >= 0.3 is 0 Å². The summed E-state index contributed by atoms with van der Waals surface area (Å²) in [4.78, 5) is 14.0. The second kappa shape index (κ2) is 7.21. The van der Waals surface area contributed by atoms with E-state index in [0.717, 1.165) is 32.7 Å². The maximum atomic E-state index is 13.4. The second-order valence-corrected chi connectivity index (χ2v) is 4.71. The summed E-state index contributed by atoms with van der Waals surface area (Å²) in [5, 5.41) is 6.03. The Labute approximate surface area is 113 Å². The number of hydrogen-bond donors (Lipinski definition) is 2. The monoisotopic (exact) mass is 265 g/mol. The maximum absolute atomic E-state index is 13.4. The van der Waals surface area contributed by atoms with Gasteiger partial charge in [-0.25, -0.2) is 4.39 Å². The summed E-state index contributed by atoms with van der Waals surface area (Å²) in [6.45, 7) is 4.97. The molecule has 1 aliphatic rings. The summed E-state index contributed by atoms with van der Waals surface area (Å²) < 4.78 is 13.4. The third-order valence-corrected chi connectivity index (χ3v) is 3.30. The van der Waals surface area contributed by atoms with Gasteiger partial charge in [-0.2, -0.15) is 0 Å². The van der Waals surface area contributed by atoms with Crippen molar-refractivity contribution in [1.82, 2.24) is 15.5 Å². The first-order valence-electron chi connectivity index (χ1n) is 6.69. The van der Waals surface area contributed by atoms with Gasteiger partial charge < -0.3 is 15.5 Å². The van der Waals surface area contributed by atoms with Gasteiger partial charge in [0.05, 0.1) is 0 Å². The minimum absolute atomic E-state index is 0.0261. The van der Waals surface area contributed by atoms with Crippen molar-refractivity contribution in [3.8, 4) is 0 Å². The lowest BCUT2D eigenvalue weighted by atomic mass is 10.2. The predicted octanol–water partition coefficient (Wildman–Crippen LogP) is 0.737. The van der Waals surface area contributed by atoms with Gasteiger partial charge in [-0.1, -0.05) is 18.2 Å².